The van der Waals surface area contributed by atoms with E-state index in [0.717, 1.165) is 25.7 Å². The van der Waals surface area contributed by atoms with E-state index in [1.165, 1.54) is 98.3 Å². The van der Waals surface area contributed by atoms with Crippen LogP contribution >= 0.6 is 46.4 Å². The van der Waals surface area contributed by atoms with Gasteiger partial charge in [0.05, 0.1) is 37.0 Å². The lowest BCUT2D eigenvalue weighted by molar-refractivity contribution is -0.132. The van der Waals surface area contributed by atoms with Crippen molar-refractivity contribution in [2.24, 2.45) is 4.99 Å². The van der Waals surface area contributed by atoms with Crippen LogP contribution in [0.4, 0.5) is 17.1 Å². The molecule has 11 nitrogen and oxygen atoms in total. The number of sulfone groups is 1. The summed E-state index contributed by atoms with van der Waals surface area (Å²) in [5, 5.41) is 5.03. The molecule has 2 N–H and O–H groups in total. The number of rotatable bonds is 18. The van der Waals surface area contributed by atoms with Crippen molar-refractivity contribution in [1.82, 2.24) is 5.43 Å². The van der Waals surface area contributed by atoms with Crippen molar-refractivity contribution >= 4 is 96.9 Å². The summed E-state index contributed by atoms with van der Waals surface area (Å²) in [6.45, 7) is 3.44. The molecule has 1 aliphatic rings. The second-order valence-electron chi connectivity index (χ2n) is 13.4. The molecule has 57 heavy (non-hydrogen) atoms. The fourth-order valence-electron chi connectivity index (χ4n) is 6.05. The van der Waals surface area contributed by atoms with E-state index in [2.05, 4.69) is 22.7 Å². The van der Waals surface area contributed by atoms with Crippen molar-refractivity contribution in [1.29, 1.82) is 0 Å². The van der Waals surface area contributed by atoms with E-state index in [4.69, 9.17) is 55.9 Å². The second kappa shape index (κ2) is 20.4. The largest absolute Gasteiger partial charge is 0.481 e. The van der Waals surface area contributed by atoms with E-state index in [1.807, 2.05) is 0 Å². The van der Waals surface area contributed by atoms with Crippen LogP contribution in [0.3, 0.4) is 0 Å². The van der Waals surface area contributed by atoms with Crippen molar-refractivity contribution < 1.29 is 32.3 Å². The lowest BCUT2D eigenvalue weighted by atomic mass is 10.1. The summed E-state index contributed by atoms with van der Waals surface area (Å²) >= 11 is 25.2. The molecular formula is C41H42Cl4N4O7S. The fraction of sp³-hybridized carbons (Fsp3) is 0.317. The summed E-state index contributed by atoms with van der Waals surface area (Å²) in [7, 11) is -3.90. The molecule has 0 bridgehead atoms. The lowest BCUT2D eigenvalue weighted by Crippen LogP contribution is -2.36. The Morgan fingerprint density at radius 1 is 0.807 bits per heavy atom. The van der Waals surface area contributed by atoms with E-state index in [9.17, 15) is 22.8 Å². The highest BCUT2D eigenvalue weighted by atomic mass is 35.5. The minimum absolute atomic E-state index is 0.0227. The minimum Gasteiger partial charge on any atom is -0.481 e. The van der Waals surface area contributed by atoms with Crippen LogP contribution in [0.25, 0.3) is 0 Å². The molecule has 1 unspecified atom stereocenters. The number of ether oxygens (including phenoxy) is 2. The molecule has 0 radical (unpaired) electrons. The van der Waals surface area contributed by atoms with Gasteiger partial charge in [-0.05, 0) is 91.7 Å². The van der Waals surface area contributed by atoms with Gasteiger partial charge < -0.3 is 14.8 Å². The highest BCUT2D eigenvalue weighted by molar-refractivity contribution is 7.91. The first kappa shape index (κ1) is 43.8. The number of unbranched alkanes of at least 4 members (excludes halogenated alkanes) is 7. The summed E-state index contributed by atoms with van der Waals surface area (Å²) in [6.07, 6.45) is 8.00. The predicted octanol–water partition coefficient (Wildman–Crippen LogP) is 10.9. The molecule has 5 rings (SSSR count). The van der Waals surface area contributed by atoms with Gasteiger partial charge in [-0.25, -0.2) is 18.4 Å². The molecule has 2 amide bonds. The second-order valence-corrected chi connectivity index (χ2v) is 17.0. The summed E-state index contributed by atoms with van der Waals surface area (Å²) in [5.41, 5.74) is 3.83. The van der Waals surface area contributed by atoms with Crippen LogP contribution in [0.15, 0.2) is 93.6 Å². The molecule has 4 aromatic carbocycles. The summed E-state index contributed by atoms with van der Waals surface area (Å²) in [5.74, 6) is -0.482. The molecule has 302 valence electrons. The zero-order chi connectivity index (χ0) is 41.1. The van der Waals surface area contributed by atoms with Crippen LogP contribution in [0, 0.1) is 0 Å². The molecular weight excluding hydrogens is 834 g/mol. The van der Waals surface area contributed by atoms with Gasteiger partial charge in [0.2, 0.25) is 9.84 Å². The number of anilines is 2. The summed E-state index contributed by atoms with van der Waals surface area (Å²) < 4.78 is 37.9. The third-order valence-electron chi connectivity index (χ3n) is 8.90. The smallest absolute Gasteiger partial charge is 0.308 e. The highest BCUT2D eigenvalue weighted by Gasteiger charge is 2.31. The maximum Gasteiger partial charge on any atom is 0.308 e. The molecule has 1 saturated heterocycles. The summed E-state index contributed by atoms with van der Waals surface area (Å²) in [4.78, 5) is 42.6. The van der Waals surface area contributed by atoms with Crippen LogP contribution in [0.1, 0.15) is 78.1 Å². The number of amidine groups is 1. The normalized spacial score (nSPS) is 14.0. The van der Waals surface area contributed by atoms with Crippen molar-refractivity contribution in [2.45, 2.75) is 94.0 Å². The Balaban J connectivity index is 1.29. The number of halogens is 4. The molecule has 0 aromatic heterocycles. The molecule has 0 aliphatic carbocycles. The van der Waals surface area contributed by atoms with Gasteiger partial charge in [0, 0.05) is 17.6 Å². The topological polar surface area (TPSA) is 143 Å². The van der Waals surface area contributed by atoms with Crippen molar-refractivity contribution in [3.63, 3.8) is 0 Å². The van der Waals surface area contributed by atoms with E-state index < -0.39 is 27.8 Å². The van der Waals surface area contributed by atoms with Gasteiger partial charge in [0.25, 0.3) is 11.8 Å². The lowest BCUT2D eigenvalue weighted by Gasteiger charge is -2.20. The SMILES string of the molecule is CCCCCCCCCCC(Oc1ccc(S(=O)(=O)c2ccc(OC(C)=O)cc2)cc1)C(=O)Nc1ccc(Cl)c(N=C2CC(=O)N(c3c(Cl)cc(Cl)cc3Cl)N2)c1. The third kappa shape index (κ3) is 12.1. The highest BCUT2D eigenvalue weighted by Crippen LogP contribution is 2.38. The van der Waals surface area contributed by atoms with Crippen LogP contribution in [0.5, 0.6) is 11.5 Å². The Hall–Kier alpha value is -4.33. The number of nitrogens with zero attached hydrogens (tertiary/aromatic N) is 2. The average molecular weight is 877 g/mol. The van der Waals surface area contributed by atoms with Crippen LogP contribution < -0.4 is 25.2 Å². The Morgan fingerprint density at radius 3 is 1.98 bits per heavy atom. The number of hydrazine groups is 1. The Labute approximate surface area is 352 Å². The van der Waals surface area contributed by atoms with Gasteiger partial charge in [-0.15, -0.1) is 0 Å². The number of esters is 1. The van der Waals surface area contributed by atoms with Crippen LogP contribution in [0.2, 0.25) is 20.1 Å². The average Bonchev–Trinajstić information content (AvgIpc) is 3.51. The third-order valence-corrected chi connectivity index (χ3v) is 11.8. The van der Waals surface area contributed by atoms with Crippen molar-refractivity contribution in [2.75, 3.05) is 10.3 Å². The Kier molecular flexibility index (Phi) is 15.7. The van der Waals surface area contributed by atoms with Gasteiger partial charge in [-0.3, -0.25) is 19.8 Å². The van der Waals surface area contributed by atoms with Crippen LogP contribution in [-0.4, -0.2) is 38.1 Å². The number of aliphatic imine (C=N–C) groups is 1. The standard InChI is InChI=1S/C41H42Cl4N4O7S/c1-3-4-5-6-7-8-9-10-11-37(56-30-15-19-32(20-16-30)57(53,54)31-17-13-29(14-18-31)55-26(2)50)41(52)46-28-12-21-33(43)36(24-28)47-38-25-39(51)49(48-38)40-34(44)22-27(42)23-35(40)45/h12-24,37H,3-11,25H2,1-2H3,(H,46,52)(H,47,48). The number of carbonyl (C=O) groups is 3. The molecule has 16 heteroatoms. The van der Waals surface area contributed by atoms with Crippen LogP contribution in [-0.2, 0) is 24.2 Å². The van der Waals surface area contributed by atoms with Gasteiger partial charge in [0.15, 0.2) is 6.10 Å². The molecule has 1 fully saturated rings. The predicted molar refractivity (Wildman–Crippen MR) is 225 cm³/mol. The first-order valence-corrected chi connectivity index (χ1v) is 21.5. The Bertz CT molecular complexity index is 2200. The molecule has 0 saturated carbocycles. The van der Waals surface area contributed by atoms with Gasteiger partial charge in [-0.2, -0.15) is 0 Å². The summed E-state index contributed by atoms with van der Waals surface area (Å²) in [6, 6.07) is 19.1. The monoisotopic (exact) mass is 874 g/mol. The van der Waals surface area contributed by atoms with Crippen molar-refractivity contribution in [3.05, 3.63) is 99.0 Å². The van der Waals surface area contributed by atoms with Gasteiger partial charge in [0.1, 0.15) is 23.0 Å². The number of hydrogen-bond acceptors (Lipinski definition) is 8. The number of carbonyl (C=O) groups excluding carboxylic acids is 3. The first-order chi connectivity index (χ1) is 27.2. The van der Waals surface area contributed by atoms with E-state index in [0.29, 0.717) is 28.6 Å². The van der Waals surface area contributed by atoms with Gasteiger partial charge >= 0.3 is 5.97 Å². The molecule has 1 atom stereocenters. The van der Waals surface area contributed by atoms with E-state index >= 15 is 0 Å². The molecule has 1 heterocycles. The van der Waals surface area contributed by atoms with Crippen molar-refractivity contribution in [3.8, 4) is 11.5 Å². The molecule has 0 spiro atoms. The number of nitrogens with one attached hydrogen (secondary N) is 2. The number of amides is 2. The number of hydrogen-bond donors (Lipinski definition) is 2. The Morgan fingerprint density at radius 2 is 1.39 bits per heavy atom. The molecule has 4 aromatic rings. The quantitative estimate of drug-likeness (QED) is 0.0571. The van der Waals surface area contributed by atoms with E-state index in [1.54, 1.807) is 18.2 Å². The first-order valence-electron chi connectivity index (χ1n) is 18.5. The maximum atomic E-state index is 13.8. The molecule has 1 aliphatic heterocycles. The maximum absolute atomic E-state index is 13.8. The zero-order valence-electron chi connectivity index (χ0n) is 31.3. The van der Waals surface area contributed by atoms with E-state index in [-0.39, 0.29) is 54.5 Å². The fourth-order valence-corrected chi connectivity index (χ4v) is 8.46. The number of benzene rings is 4. The zero-order valence-corrected chi connectivity index (χ0v) is 35.2. The van der Waals surface area contributed by atoms with Gasteiger partial charge in [-0.1, -0.05) is 98.3 Å². The minimum atomic E-state index is -3.90.